The van der Waals surface area contributed by atoms with Crippen LogP contribution in [0.4, 0.5) is 0 Å². The summed E-state index contributed by atoms with van der Waals surface area (Å²) in [6, 6.07) is 21.7. The number of benzene rings is 2. The molecule has 136 valence electrons. The van der Waals surface area contributed by atoms with Gasteiger partial charge in [0.05, 0.1) is 8.07 Å². The summed E-state index contributed by atoms with van der Waals surface area (Å²) in [4.78, 5) is 2.75. The maximum Gasteiger partial charge on any atom is 0.0776 e. The molecule has 0 aromatic heterocycles. The summed E-state index contributed by atoms with van der Waals surface area (Å²) in [7, 11) is -1.26. The van der Waals surface area contributed by atoms with Crippen molar-refractivity contribution in [3.63, 3.8) is 0 Å². The fraction of sp³-hybridized carbons (Fsp3) is 0.417. The predicted molar refractivity (Wildman–Crippen MR) is 115 cm³/mol. The van der Waals surface area contributed by atoms with E-state index in [2.05, 4.69) is 85.2 Å². The zero-order chi connectivity index (χ0) is 18.1. The first kappa shape index (κ1) is 17.8. The molecule has 1 saturated heterocycles. The summed E-state index contributed by atoms with van der Waals surface area (Å²) in [6.45, 7) is 8.42. The minimum atomic E-state index is -1.26. The van der Waals surface area contributed by atoms with Crippen molar-refractivity contribution in [2.24, 2.45) is 0 Å². The molecule has 4 rings (SSSR count). The molecule has 2 aromatic carbocycles. The van der Waals surface area contributed by atoms with Crippen molar-refractivity contribution < 1.29 is 0 Å². The summed E-state index contributed by atoms with van der Waals surface area (Å²) >= 11 is 0. The fourth-order valence-electron chi connectivity index (χ4n) is 4.56. The van der Waals surface area contributed by atoms with E-state index < -0.39 is 8.07 Å². The lowest BCUT2D eigenvalue weighted by Crippen LogP contribution is -2.47. The van der Waals surface area contributed by atoms with E-state index >= 15 is 0 Å². The predicted octanol–water partition coefficient (Wildman–Crippen LogP) is 5.44. The Balaban J connectivity index is 1.61. The molecule has 0 radical (unpaired) electrons. The summed E-state index contributed by atoms with van der Waals surface area (Å²) < 4.78 is 0. The van der Waals surface area contributed by atoms with Crippen molar-refractivity contribution in [2.45, 2.75) is 64.0 Å². The third-order valence-electron chi connectivity index (χ3n) is 6.09. The second-order valence-electron chi connectivity index (χ2n) is 9.04. The summed E-state index contributed by atoms with van der Waals surface area (Å²) in [5.41, 5.74) is 4.51. The van der Waals surface area contributed by atoms with E-state index in [1.807, 2.05) is 0 Å². The normalized spacial score (nSPS) is 23.6. The Morgan fingerprint density at radius 2 is 1.77 bits per heavy atom. The number of fused-ring (bicyclic) bond motifs is 2. The number of piperidine rings is 1. The lowest BCUT2D eigenvalue weighted by atomic mass is 9.82. The number of rotatable bonds is 4. The van der Waals surface area contributed by atoms with Crippen LogP contribution in [0, 0.1) is 0 Å². The average molecular weight is 362 g/mol. The van der Waals surface area contributed by atoms with Crippen molar-refractivity contribution in [1.82, 2.24) is 4.90 Å². The molecule has 2 aliphatic heterocycles. The fourth-order valence-corrected chi connectivity index (χ4v) is 5.74. The molecular formula is C24H31NSi. The molecule has 2 heteroatoms. The van der Waals surface area contributed by atoms with E-state index in [0.717, 1.165) is 6.54 Å². The number of nitrogens with zero attached hydrogens (tertiary/aromatic N) is 1. The molecule has 0 saturated carbocycles. The molecule has 26 heavy (non-hydrogen) atoms. The van der Waals surface area contributed by atoms with Crippen molar-refractivity contribution >= 4 is 18.8 Å². The Hall–Kier alpha value is -1.64. The maximum absolute atomic E-state index is 2.75. The van der Waals surface area contributed by atoms with Gasteiger partial charge >= 0.3 is 0 Å². The van der Waals surface area contributed by atoms with Gasteiger partial charge in [0.2, 0.25) is 0 Å². The maximum atomic E-state index is 2.75. The topological polar surface area (TPSA) is 3.24 Å². The lowest BCUT2D eigenvalue weighted by molar-refractivity contribution is 0.0951. The minimum absolute atomic E-state index is 0.605. The van der Waals surface area contributed by atoms with Crippen LogP contribution < -0.4 is 5.19 Å². The van der Waals surface area contributed by atoms with Gasteiger partial charge < -0.3 is 0 Å². The first-order chi connectivity index (χ1) is 12.5. The van der Waals surface area contributed by atoms with Crippen LogP contribution in [0.5, 0.6) is 0 Å². The average Bonchev–Trinajstić information content (AvgIpc) is 2.62. The monoisotopic (exact) mass is 361 g/mol. The number of hydrogen-bond donors (Lipinski definition) is 0. The van der Waals surface area contributed by atoms with Gasteiger partial charge in [-0.1, -0.05) is 91.9 Å². The van der Waals surface area contributed by atoms with Crippen LogP contribution in [0.2, 0.25) is 19.6 Å². The smallest absolute Gasteiger partial charge is 0.0776 e. The minimum Gasteiger partial charge on any atom is -0.289 e. The highest BCUT2D eigenvalue weighted by Crippen LogP contribution is 2.37. The number of hydrogen-bond acceptors (Lipinski definition) is 1. The Labute approximate surface area is 159 Å². The van der Waals surface area contributed by atoms with Gasteiger partial charge in [0.15, 0.2) is 0 Å². The first-order valence-corrected chi connectivity index (χ1v) is 13.6. The molecule has 2 unspecified atom stereocenters. The van der Waals surface area contributed by atoms with Gasteiger partial charge in [-0.05, 0) is 36.0 Å². The van der Waals surface area contributed by atoms with Crippen LogP contribution in [0.1, 0.15) is 36.8 Å². The molecule has 2 atom stereocenters. The Morgan fingerprint density at radius 3 is 2.50 bits per heavy atom. The van der Waals surface area contributed by atoms with Gasteiger partial charge in [-0.15, -0.1) is 0 Å². The van der Waals surface area contributed by atoms with Gasteiger partial charge in [-0.3, -0.25) is 4.90 Å². The highest BCUT2D eigenvalue weighted by atomic mass is 28.3. The molecule has 0 N–H and O–H groups in total. The molecule has 2 aromatic rings. The van der Waals surface area contributed by atoms with Crippen LogP contribution in [-0.2, 0) is 6.54 Å². The van der Waals surface area contributed by atoms with Crippen molar-refractivity contribution in [3.8, 4) is 0 Å². The molecule has 2 aliphatic rings. The second-order valence-corrected chi connectivity index (χ2v) is 14.1. The van der Waals surface area contributed by atoms with E-state index in [1.54, 1.807) is 10.8 Å². The quantitative estimate of drug-likeness (QED) is 0.655. The van der Waals surface area contributed by atoms with Crippen LogP contribution in [0.25, 0.3) is 5.57 Å². The van der Waals surface area contributed by atoms with Gasteiger partial charge in [0.25, 0.3) is 0 Å². The van der Waals surface area contributed by atoms with Gasteiger partial charge in [0, 0.05) is 18.6 Å². The van der Waals surface area contributed by atoms with Gasteiger partial charge in [-0.25, -0.2) is 0 Å². The van der Waals surface area contributed by atoms with Crippen molar-refractivity contribution in [2.75, 3.05) is 0 Å². The van der Waals surface area contributed by atoms with E-state index in [-0.39, 0.29) is 0 Å². The molecular weight excluding hydrogens is 330 g/mol. The Kier molecular flexibility index (Phi) is 4.89. The Bertz CT molecular complexity index is 787. The van der Waals surface area contributed by atoms with Crippen LogP contribution >= 0.6 is 0 Å². The Morgan fingerprint density at radius 1 is 0.962 bits per heavy atom. The zero-order valence-corrected chi connectivity index (χ0v) is 17.4. The van der Waals surface area contributed by atoms with Crippen molar-refractivity contribution in [1.29, 1.82) is 0 Å². The van der Waals surface area contributed by atoms with Crippen molar-refractivity contribution in [3.05, 3.63) is 71.8 Å². The van der Waals surface area contributed by atoms with E-state index in [4.69, 9.17) is 0 Å². The largest absolute Gasteiger partial charge is 0.289 e. The summed E-state index contributed by atoms with van der Waals surface area (Å²) in [6.07, 6.45) is 7.81. The summed E-state index contributed by atoms with van der Waals surface area (Å²) in [5.74, 6) is 0. The zero-order valence-electron chi connectivity index (χ0n) is 16.4. The van der Waals surface area contributed by atoms with E-state index in [1.165, 1.54) is 36.8 Å². The first-order valence-electron chi connectivity index (χ1n) is 10.1. The molecule has 0 amide bonds. The lowest BCUT2D eigenvalue weighted by Gasteiger charge is -2.45. The highest BCUT2D eigenvalue weighted by molar-refractivity contribution is 6.88. The van der Waals surface area contributed by atoms with Crippen LogP contribution in [-0.4, -0.2) is 25.1 Å². The van der Waals surface area contributed by atoms with Crippen LogP contribution in [0.3, 0.4) is 0 Å². The SMILES string of the molecule is C[Si](C)(C)c1cccc(C2=CC3CCCC(C2)N3Cc2ccccc2)c1. The van der Waals surface area contributed by atoms with Gasteiger partial charge in [0.1, 0.15) is 0 Å². The summed E-state index contributed by atoms with van der Waals surface area (Å²) in [5, 5.41) is 1.58. The molecule has 2 bridgehead atoms. The molecule has 1 fully saturated rings. The van der Waals surface area contributed by atoms with Gasteiger partial charge in [-0.2, -0.15) is 0 Å². The van der Waals surface area contributed by atoms with E-state index in [0.29, 0.717) is 12.1 Å². The van der Waals surface area contributed by atoms with E-state index in [9.17, 15) is 0 Å². The molecule has 0 aliphatic carbocycles. The highest BCUT2D eigenvalue weighted by Gasteiger charge is 2.34. The molecule has 0 spiro atoms. The molecule has 2 heterocycles. The van der Waals surface area contributed by atoms with Crippen LogP contribution in [0.15, 0.2) is 60.7 Å². The molecule has 1 nitrogen and oxygen atoms in total. The third-order valence-corrected chi connectivity index (χ3v) is 8.13. The second kappa shape index (κ2) is 7.17. The standard InChI is InChI=1S/C24H31NSi/c1-26(2,3)24-14-7-11-20(17-24)21-15-22-12-8-13-23(16-21)25(22)18-19-9-5-4-6-10-19/h4-7,9-11,14-15,17,22-23H,8,12-13,16,18H2,1-3H3. The third kappa shape index (κ3) is 3.72.